The van der Waals surface area contributed by atoms with Gasteiger partial charge in [-0.3, -0.25) is 0 Å². The standard InChI is InChI=1S/C17H20N2O/c1-18-11-4-6-13-14-7-5-12(19-2)9-16(14)17(10-20-3)15(13)8-11/h4-9,17-19H,10H2,1-3H3. The Hall–Kier alpha value is -2.00. The molecule has 1 aliphatic carbocycles. The predicted octanol–water partition coefficient (Wildman–Crippen LogP) is 3.53. The Balaban J connectivity index is 2.16. The first kappa shape index (κ1) is 13.0. The van der Waals surface area contributed by atoms with Gasteiger partial charge in [-0.2, -0.15) is 0 Å². The van der Waals surface area contributed by atoms with Gasteiger partial charge in [0.1, 0.15) is 0 Å². The van der Waals surface area contributed by atoms with Gasteiger partial charge in [0, 0.05) is 38.5 Å². The Bertz CT molecular complexity index is 583. The van der Waals surface area contributed by atoms with Crippen LogP contribution in [0.1, 0.15) is 17.0 Å². The Morgan fingerprint density at radius 3 is 1.80 bits per heavy atom. The van der Waals surface area contributed by atoms with E-state index >= 15 is 0 Å². The molecule has 0 bridgehead atoms. The first-order valence-electron chi connectivity index (χ1n) is 6.91. The molecule has 0 aromatic heterocycles. The fraction of sp³-hybridized carbons (Fsp3) is 0.294. The average molecular weight is 268 g/mol. The van der Waals surface area contributed by atoms with Crippen LogP contribution < -0.4 is 10.6 Å². The zero-order valence-electron chi connectivity index (χ0n) is 12.2. The summed E-state index contributed by atoms with van der Waals surface area (Å²) >= 11 is 0. The van der Waals surface area contributed by atoms with Gasteiger partial charge in [0.25, 0.3) is 0 Å². The van der Waals surface area contributed by atoms with Gasteiger partial charge in [-0.05, 0) is 46.5 Å². The van der Waals surface area contributed by atoms with Crippen LogP contribution in [0, 0.1) is 0 Å². The molecule has 2 aromatic carbocycles. The van der Waals surface area contributed by atoms with Crippen molar-refractivity contribution in [3.05, 3.63) is 47.5 Å². The number of ether oxygens (including phenoxy) is 1. The maximum Gasteiger partial charge on any atom is 0.0572 e. The highest BCUT2D eigenvalue weighted by Crippen LogP contribution is 2.46. The summed E-state index contributed by atoms with van der Waals surface area (Å²) in [6.45, 7) is 0.709. The molecule has 0 aliphatic heterocycles. The van der Waals surface area contributed by atoms with E-state index in [2.05, 4.69) is 47.0 Å². The molecule has 20 heavy (non-hydrogen) atoms. The first-order chi connectivity index (χ1) is 9.78. The van der Waals surface area contributed by atoms with Crippen LogP contribution in [0.15, 0.2) is 36.4 Å². The third-order valence-corrected chi connectivity index (χ3v) is 4.05. The van der Waals surface area contributed by atoms with Gasteiger partial charge in [0.15, 0.2) is 0 Å². The lowest BCUT2D eigenvalue weighted by Crippen LogP contribution is -2.05. The van der Waals surface area contributed by atoms with Crippen molar-refractivity contribution in [2.75, 3.05) is 38.4 Å². The predicted molar refractivity (Wildman–Crippen MR) is 84.7 cm³/mol. The quantitative estimate of drug-likeness (QED) is 0.890. The van der Waals surface area contributed by atoms with Crippen LogP contribution in [-0.2, 0) is 4.74 Å². The van der Waals surface area contributed by atoms with Crippen LogP contribution in [0.2, 0.25) is 0 Å². The molecule has 2 N–H and O–H groups in total. The van der Waals surface area contributed by atoms with Gasteiger partial charge in [-0.25, -0.2) is 0 Å². The second kappa shape index (κ2) is 5.17. The lowest BCUT2D eigenvalue weighted by molar-refractivity contribution is 0.190. The van der Waals surface area contributed by atoms with Gasteiger partial charge in [0.05, 0.1) is 6.61 Å². The molecule has 0 radical (unpaired) electrons. The smallest absolute Gasteiger partial charge is 0.0572 e. The molecule has 3 rings (SSSR count). The Morgan fingerprint density at radius 2 is 1.40 bits per heavy atom. The van der Waals surface area contributed by atoms with Crippen molar-refractivity contribution >= 4 is 11.4 Å². The maximum absolute atomic E-state index is 5.45. The number of rotatable bonds is 4. The van der Waals surface area contributed by atoms with Crippen LogP contribution >= 0.6 is 0 Å². The summed E-state index contributed by atoms with van der Waals surface area (Å²) < 4.78 is 5.45. The van der Waals surface area contributed by atoms with Gasteiger partial charge >= 0.3 is 0 Å². The second-order valence-corrected chi connectivity index (χ2v) is 5.11. The number of benzene rings is 2. The molecule has 0 saturated carbocycles. The summed E-state index contributed by atoms with van der Waals surface area (Å²) in [6, 6.07) is 13.1. The number of methoxy groups -OCH3 is 1. The fourth-order valence-electron chi connectivity index (χ4n) is 3.02. The minimum atomic E-state index is 0.312. The highest BCUT2D eigenvalue weighted by Gasteiger charge is 2.29. The number of hydrogen-bond donors (Lipinski definition) is 2. The number of hydrogen-bond acceptors (Lipinski definition) is 3. The Morgan fingerprint density at radius 1 is 0.900 bits per heavy atom. The molecule has 0 fully saturated rings. The summed E-state index contributed by atoms with van der Waals surface area (Å²) in [4.78, 5) is 0. The summed E-state index contributed by atoms with van der Waals surface area (Å²) in [6.07, 6.45) is 0. The molecule has 104 valence electrons. The van der Waals surface area contributed by atoms with Gasteiger partial charge < -0.3 is 15.4 Å². The molecular formula is C17H20N2O. The van der Waals surface area contributed by atoms with Crippen molar-refractivity contribution in [2.45, 2.75) is 5.92 Å². The molecule has 2 aromatic rings. The lowest BCUT2D eigenvalue weighted by Gasteiger charge is -2.14. The minimum Gasteiger partial charge on any atom is -0.388 e. The summed E-state index contributed by atoms with van der Waals surface area (Å²) in [7, 11) is 5.67. The highest BCUT2D eigenvalue weighted by molar-refractivity contribution is 5.82. The van der Waals surface area contributed by atoms with Crippen LogP contribution in [0.5, 0.6) is 0 Å². The van der Waals surface area contributed by atoms with Crippen LogP contribution in [0.25, 0.3) is 11.1 Å². The topological polar surface area (TPSA) is 33.3 Å². The zero-order valence-corrected chi connectivity index (χ0v) is 12.2. The van der Waals surface area contributed by atoms with Gasteiger partial charge in [-0.1, -0.05) is 12.1 Å². The second-order valence-electron chi connectivity index (χ2n) is 5.11. The van der Waals surface area contributed by atoms with E-state index < -0.39 is 0 Å². The summed E-state index contributed by atoms with van der Waals surface area (Å²) in [5.74, 6) is 0.312. The minimum absolute atomic E-state index is 0.312. The highest BCUT2D eigenvalue weighted by atomic mass is 16.5. The third kappa shape index (κ3) is 1.95. The van der Waals surface area contributed by atoms with E-state index in [1.165, 1.54) is 22.3 Å². The lowest BCUT2D eigenvalue weighted by atomic mass is 9.97. The zero-order chi connectivity index (χ0) is 14.1. The molecule has 3 nitrogen and oxygen atoms in total. The van der Waals surface area contributed by atoms with E-state index in [9.17, 15) is 0 Å². The Labute approximate surface area is 120 Å². The fourth-order valence-corrected chi connectivity index (χ4v) is 3.02. The van der Waals surface area contributed by atoms with E-state index in [1.807, 2.05) is 14.1 Å². The number of anilines is 2. The van der Waals surface area contributed by atoms with Crippen molar-refractivity contribution in [3.63, 3.8) is 0 Å². The van der Waals surface area contributed by atoms with Crippen molar-refractivity contribution in [1.29, 1.82) is 0 Å². The van der Waals surface area contributed by atoms with Crippen LogP contribution in [0.3, 0.4) is 0 Å². The van der Waals surface area contributed by atoms with Gasteiger partial charge in [-0.15, -0.1) is 0 Å². The molecule has 0 heterocycles. The van der Waals surface area contributed by atoms with Crippen molar-refractivity contribution in [3.8, 4) is 11.1 Å². The van der Waals surface area contributed by atoms with Crippen molar-refractivity contribution < 1.29 is 4.74 Å². The Kier molecular flexibility index (Phi) is 3.36. The first-order valence-corrected chi connectivity index (χ1v) is 6.91. The molecule has 0 saturated heterocycles. The SMILES string of the molecule is CNc1ccc2c(c1)C(COC)c1cc(NC)ccc1-2. The largest absolute Gasteiger partial charge is 0.388 e. The monoisotopic (exact) mass is 268 g/mol. The van der Waals surface area contributed by atoms with E-state index in [1.54, 1.807) is 7.11 Å². The molecule has 0 atom stereocenters. The van der Waals surface area contributed by atoms with Crippen molar-refractivity contribution in [1.82, 2.24) is 0 Å². The van der Waals surface area contributed by atoms with E-state index in [0.717, 1.165) is 11.4 Å². The molecule has 0 unspecified atom stereocenters. The summed E-state index contributed by atoms with van der Waals surface area (Å²) in [5.41, 5.74) is 7.63. The average Bonchev–Trinajstić information content (AvgIpc) is 2.80. The van der Waals surface area contributed by atoms with E-state index in [0.29, 0.717) is 12.5 Å². The number of nitrogens with one attached hydrogen (secondary N) is 2. The molecule has 1 aliphatic rings. The molecule has 3 heteroatoms. The normalized spacial score (nSPS) is 12.9. The van der Waals surface area contributed by atoms with Gasteiger partial charge in [0.2, 0.25) is 0 Å². The third-order valence-electron chi connectivity index (χ3n) is 4.05. The molecule has 0 amide bonds. The van der Waals surface area contributed by atoms with Crippen LogP contribution in [0.4, 0.5) is 11.4 Å². The molecule has 0 spiro atoms. The van der Waals surface area contributed by atoms with E-state index in [-0.39, 0.29) is 0 Å². The summed E-state index contributed by atoms with van der Waals surface area (Å²) in [5, 5.41) is 6.43. The molecular weight excluding hydrogens is 248 g/mol. The maximum atomic E-state index is 5.45. The van der Waals surface area contributed by atoms with Crippen LogP contribution in [-0.4, -0.2) is 27.8 Å². The van der Waals surface area contributed by atoms with E-state index in [4.69, 9.17) is 4.74 Å². The van der Waals surface area contributed by atoms with Crippen molar-refractivity contribution in [2.24, 2.45) is 0 Å². The number of fused-ring (bicyclic) bond motifs is 3.